The van der Waals surface area contributed by atoms with Crippen LogP contribution in [0.5, 0.6) is 5.75 Å². The van der Waals surface area contributed by atoms with Gasteiger partial charge in [-0.05, 0) is 38.0 Å². The first-order valence-electron chi connectivity index (χ1n) is 7.98. The Morgan fingerprint density at radius 3 is 2.42 bits per heavy atom. The maximum absolute atomic E-state index is 12.9. The second kappa shape index (κ2) is 5.52. The van der Waals surface area contributed by atoms with E-state index < -0.39 is 23.5 Å². The first-order valence-corrected chi connectivity index (χ1v) is 7.98. The Morgan fingerprint density at radius 1 is 1.25 bits per heavy atom. The zero-order valence-corrected chi connectivity index (χ0v) is 14.3. The molecule has 4 atom stereocenters. The van der Waals surface area contributed by atoms with Gasteiger partial charge in [0, 0.05) is 7.05 Å². The molecule has 0 spiro atoms. The second-order valence-electron chi connectivity index (χ2n) is 6.80. The molecule has 0 radical (unpaired) electrons. The Balaban J connectivity index is 2.09. The van der Waals surface area contributed by atoms with Crippen molar-refractivity contribution in [1.82, 2.24) is 9.80 Å². The van der Waals surface area contributed by atoms with Gasteiger partial charge in [0.2, 0.25) is 11.8 Å². The molecule has 0 aliphatic carbocycles. The highest BCUT2D eigenvalue weighted by molar-refractivity contribution is 5.97. The molecule has 0 aromatic heterocycles. The number of methoxy groups -OCH3 is 1. The largest absolute Gasteiger partial charge is 0.497 e. The lowest BCUT2D eigenvalue weighted by atomic mass is 9.79. The minimum Gasteiger partial charge on any atom is -0.497 e. The van der Waals surface area contributed by atoms with E-state index in [1.807, 2.05) is 31.2 Å². The van der Waals surface area contributed by atoms with Gasteiger partial charge in [-0.15, -0.1) is 0 Å². The van der Waals surface area contributed by atoms with E-state index in [0.29, 0.717) is 12.2 Å². The molecule has 24 heavy (non-hydrogen) atoms. The molecule has 2 aliphatic rings. The fourth-order valence-corrected chi connectivity index (χ4v) is 3.81. The molecule has 1 aromatic carbocycles. The maximum Gasteiger partial charge on any atom is 0.246 e. The van der Waals surface area contributed by atoms with Crippen molar-refractivity contribution < 1.29 is 14.3 Å². The average Bonchev–Trinajstić information content (AvgIpc) is 2.92. The van der Waals surface area contributed by atoms with Crippen LogP contribution in [0.25, 0.3) is 0 Å². The molecular formula is C18H21N3O3. The van der Waals surface area contributed by atoms with Crippen LogP contribution in [0.15, 0.2) is 24.3 Å². The number of amides is 2. The number of hydrogen-bond donors (Lipinski definition) is 0. The molecule has 2 fully saturated rings. The van der Waals surface area contributed by atoms with Crippen LogP contribution in [0.4, 0.5) is 0 Å². The van der Waals surface area contributed by atoms with E-state index >= 15 is 0 Å². The van der Waals surface area contributed by atoms with E-state index in [-0.39, 0.29) is 11.8 Å². The lowest BCUT2D eigenvalue weighted by molar-refractivity contribution is -0.159. The minimum absolute atomic E-state index is 0.0976. The Kier molecular flexibility index (Phi) is 3.75. The molecule has 0 N–H and O–H groups in total. The molecule has 2 aliphatic heterocycles. The number of fused-ring (bicyclic) bond motifs is 1. The number of carbonyl (C=O) groups excluding carboxylic acids is 2. The van der Waals surface area contributed by atoms with Crippen molar-refractivity contribution >= 4 is 11.8 Å². The summed E-state index contributed by atoms with van der Waals surface area (Å²) in [5, 5.41) is 9.77. The molecule has 126 valence electrons. The van der Waals surface area contributed by atoms with Crippen LogP contribution in [-0.4, -0.2) is 47.9 Å². The number of piperazine rings is 1. The van der Waals surface area contributed by atoms with E-state index in [4.69, 9.17) is 4.74 Å². The second-order valence-corrected chi connectivity index (χ2v) is 6.80. The molecule has 1 aromatic rings. The van der Waals surface area contributed by atoms with Crippen molar-refractivity contribution in [2.45, 2.75) is 38.4 Å². The number of nitrogens with zero attached hydrogens (tertiary/aromatic N) is 3. The van der Waals surface area contributed by atoms with Gasteiger partial charge in [0.25, 0.3) is 0 Å². The number of nitriles is 1. The first kappa shape index (κ1) is 16.3. The van der Waals surface area contributed by atoms with Crippen molar-refractivity contribution in [2.75, 3.05) is 14.2 Å². The molecule has 6 nitrogen and oxygen atoms in total. The predicted octanol–water partition coefficient (Wildman–Crippen LogP) is 1.73. The van der Waals surface area contributed by atoms with Crippen molar-refractivity contribution in [3.63, 3.8) is 0 Å². The van der Waals surface area contributed by atoms with Crippen LogP contribution in [0.3, 0.4) is 0 Å². The number of rotatable bonds is 2. The predicted molar refractivity (Wildman–Crippen MR) is 86.9 cm³/mol. The van der Waals surface area contributed by atoms with Crippen LogP contribution < -0.4 is 4.74 Å². The van der Waals surface area contributed by atoms with Crippen LogP contribution in [0, 0.1) is 16.7 Å². The summed E-state index contributed by atoms with van der Waals surface area (Å²) < 4.78 is 5.18. The number of hydrogen-bond acceptors (Lipinski definition) is 4. The zero-order chi connectivity index (χ0) is 17.6. The SMILES string of the molecule is COc1ccc([C@@H]2N3C(=O)[C@@H](C)N(C)C(=O)C3C[C@]2(C)C#N)cc1. The van der Waals surface area contributed by atoms with Crippen LogP contribution in [0.2, 0.25) is 0 Å². The van der Waals surface area contributed by atoms with Crippen molar-refractivity contribution in [1.29, 1.82) is 5.26 Å². The molecule has 6 heteroatoms. The van der Waals surface area contributed by atoms with E-state index in [0.717, 1.165) is 5.56 Å². The topological polar surface area (TPSA) is 73.6 Å². The highest BCUT2D eigenvalue weighted by Crippen LogP contribution is 2.51. The van der Waals surface area contributed by atoms with Crippen molar-refractivity contribution in [3.8, 4) is 11.8 Å². The lowest BCUT2D eigenvalue weighted by Gasteiger charge is -2.42. The molecule has 0 saturated carbocycles. The summed E-state index contributed by atoms with van der Waals surface area (Å²) in [5.74, 6) is 0.502. The molecule has 3 rings (SSSR count). The summed E-state index contributed by atoms with van der Waals surface area (Å²) in [7, 11) is 3.23. The molecule has 1 unspecified atom stereocenters. The summed E-state index contributed by atoms with van der Waals surface area (Å²) in [6, 6.07) is 8.17. The average molecular weight is 327 g/mol. The van der Waals surface area contributed by atoms with Gasteiger partial charge in [0.15, 0.2) is 0 Å². The van der Waals surface area contributed by atoms with Gasteiger partial charge in [-0.3, -0.25) is 9.59 Å². The van der Waals surface area contributed by atoms with Gasteiger partial charge in [0.05, 0.1) is 24.6 Å². The quantitative estimate of drug-likeness (QED) is 0.829. The summed E-state index contributed by atoms with van der Waals surface area (Å²) >= 11 is 0. The highest BCUT2D eigenvalue weighted by Gasteiger charge is 2.58. The van der Waals surface area contributed by atoms with Gasteiger partial charge < -0.3 is 14.5 Å². The zero-order valence-electron chi connectivity index (χ0n) is 14.3. The van der Waals surface area contributed by atoms with Crippen molar-refractivity contribution in [3.05, 3.63) is 29.8 Å². The normalized spacial score (nSPS) is 32.5. The van der Waals surface area contributed by atoms with Gasteiger partial charge in [-0.2, -0.15) is 5.26 Å². The van der Waals surface area contributed by atoms with Crippen LogP contribution in [-0.2, 0) is 9.59 Å². The standard InChI is InChI=1S/C18H21N3O3/c1-11-16(22)21-14(17(23)20(11)3)9-18(2,10-19)15(21)12-5-7-13(24-4)8-6-12/h5-8,11,14-15H,9H2,1-4H3/t11-,14?,15+,18-/m1/s1. The van der Waals surface area contributed by atoms with E-state index in [1.54, 1.807) is 26.0 Å². The van der Waals surface area contributed by atoms with E-state index in [9.17, 15) is 14.9 Å². The summed E-state index contributed by atoms with van der Waals surface area (Å²) in [5.41, 5.74) is 0.0374. The minimum atomic E-state index is -0.810. The highest BCUT2D eigenvalue weighted by atomic mass is 16.5. The van der Waals surface area contributed by atoms with Crippen LogP contribution in [0.1, 0.15) is 31.9 Å². The summed E-state index contributed by atoms with van der Waals surface area (Å²) in [6.45, 7) is 3.55. The van der Waals surface area contributed by atoms with Gasteiger partial charge in [-0.25, -0.2) is 0 Å². The van der Waals surface area contributed by atoms with Crippen LogP contribution >= 0.6 is 0 Å². The smallest absolute Gasteiger partial charge is 0.246 e. The van der Waals surface area contributed by atoms with E-state index in [1.165, 1.54) is 4.90 Å². The fourth-order valence-electron chi connectivity index (χ4n) is 3.81. The third-order valence-corrected chi connectivity index (χ3v) is 5.35. The Labute approximate surface area is 141 Å². The summed E-state index contributed by atoms with van der Waals surface area (Å²) in [6.07, 6.45) is 0.349. The molecular weight excluding hydrogens is 306 g/mol. The summed E-state index contributed by atoms with van der Waals surface area (Å²) in [4.78, 5) is 28.6. The molecule has 2 amide bonds. The molecule has 0 bridgehead atoms. The van der Waals surface area contributed by atoms with Gasteiger partial charge in [0.1, 0.15) is 17.8 Å². The van der Waals surface area contributed by atoms with Crippen molar-refractivity contribution in [2.24, 2.45) is 5.41 Å². The Bertz CT molecular complexity index is 724. The van der Waals surface area contributed by atoms with Gasteiger partial charge >= 0.3 is 0 Å². The fraction of sp³-hybridized carbons (Fsp3) is 0.500. The Morgan fingerprint density at radius 2 is 1.88 bits per heavy atom. The number of ether oxygens (including phenoxy) is 1. The number of benzene rings is 1. The lowest BCUT2D eigenvalue weighted by Crippen LogP contribution is -2.60. The molecule has 2 saturated heterocycles. The first-order chi connectivity index (χ1) is 11.3. The maximum atomic E-state index is 12.9. The molecule has 2 heterocycles. The third-order valence-electron chi connectivity index (χ3n) is 5.35. The van der Waals surface area contributed by atoms with Gasteiger partial charge in [-0.1, -0.05) is 12.1 Å². The van der Waals surface area contributed by atoms with E-state index in [2.05, 4.69) is 6.07 Å². The number of carbonyl (C=O) groups is 2. The Hall–Kier alpha value is -2.55. The number of likely N-dealkylation sites (N-methyl/N-ethyl adjacent to an activating group) is 1. The third kappa shape index (κ3) is 2.15. The monoisotopic (exact) mass is 327 g/mol.